The minimum Gasteiger partial charge on any atom is -0.352 e. The van der Waals surface area contributed by atoms with Gasteiger partial charge in [-0.05, 0) is 36.6 Å². The van der Waals surface area contributed by atoms with Crippen LogP contribution in [0.5, 0.6) is 0 Å². The van der Waals surface area contributed by atoms with Crippen LogP contribution in [0.3, 0.4) is 0 Å². The van der Waals surface area contributed by atoms with Gasteiger partial charge in [0.25, 0.3) is 5.91 Å². The first-order valence-corrected chi connectivity index (χ1v) is 7.03. The average molecular weight is 292 g/mol. The molecule has 0 aliphatic rings. The van der Waals surface area contributed by atoms with Crippen molar-refractivity contribution in [1.29, 1.82) is 0 Å². The zero-order valence-corrected chi connectivity index (χ0v) is 12.4. The van der Waals surface area contributed by atoms with Gasteiger partial charge in [-0.2, -0.15) is 5.10 Å². The standard InChI is InChI=1S/C15H18ClN3O/c1-11(2)7-8-17-15(20)12-9-18-19(10-12)14-5-3-13(16)4-6-14/h3-6,9-11H,7-8H2,1-2H3,(H,17,20). The molecule has 1 aromatic heterocycles. The second kappa shape index (κ2) is 6.57. The average Bonchev–Trinajstić information content (AvgIpc) is 2.88. The highest BCUT2D eigenvalue weighted by Crippen LogP contribution is 2.13. The number of aromatic nitrogens is 2. The third-order valence-corrected chi connectivity index (χ3v) is 3.20. The molecule has 2 rings (SSSR count). The second-order valence-corrected chi connectivity index (χ2v) is 5.52. The first-order valence-electron chi connectivity index (χ1n) is 6.65. The van der Waals surface area contributed by atoms with Crippen molar-refractivity contribution in [3.8, 4) is 5.69 Å². The molecule has 0 bridgehead atoms. The Bertz CT molecular complexity index is 575. The van der Waals surface area contributed by atoms with Gasteiger partial charge in [-0.25, -0.2) is 4.68 Å². The quantitative estimate of drug-likeness (QED) is 0.919. The smallest absolute Gasteiger partial charge is 0.254 e. The number of benzene rings is 1. The van der Waals surface area contributed by atoms with Crippen LogP contribution in [0.15, 0.2) is 36.7 Å². The van der Waals surface area contributed by atoms with Crippen LogP contribution in [-0.4, -0.2) is 22.2 Å². The van der Waals surface area contributed by atoms with Crippen LogP contribution < -0.4 is 5.32 Å². The number of rotatable bonds is 5. The van der Waals surface area contributed by atoms with Gasteiger partial charge in [-0.3, -0.25) is 4.79 Å². The van der Waals surface area contributed by atoms with E-state index in [-0.39, 0.29) is 5.91 Å². The van der Waals surface area contributed by atoms with Gasteiger partial charge in [-0.15, -0.1) is 0 Å². The Balaban J connectivity index is 2.01. The van der Waals surface area contributed by atoms with E-state index in [0.29, 0.717) is 23.0 Å². The number of carbonyl (C=O) groups is 1. The van der Waals surface area contributed by atoms with Crippen molar-refractivity contribution < 1.29 is 4.79 Å². The van der Waals surface area contributed by atoms with Crippen molar-refractivity contribution in [1.82, 2.24) is 15.1 Å². The molecule has 1 N–H and O–H groups in total. The summed E-state index contributed by atoms with van der Waals surface area (Å²) in [6, 6.07) is 7.30. The molecule has 2 aromatic rings. The summed E-state index contributed by atoms with van der Waals surface area (Å²) in [5.41, 5.74) is 1.43. The summed E-state index contributed by atoms with van der Waals surface area (Å²) in [5.74, 6) is 0.484. The van der Waals surface area contributed by atoms with Gasteiger partial charge in [0, 0.05) is 17.8 Å². The first kappa shape index (κ1) is 14.6. The molecule has 20 heavy (non-hydrogen) atoms. The highest BCUT2D eigenvalue weighted by molar-refractivity contribution is 6.30. The molecule has 5 heteroatoms. The Morgan fingerprint density at radius 3 is 2.70 bits per heavy atom. The highest BCUT2D eigenvalue weighted by Gasteiger charge is 2.09. The van der Waals surface area contributed by atoms with Gasteiger partial charge in [-0.1, -0.05) is 25.4 Å². The second-order valence-electron chi connectivity index (χ2n) is 5.09. The van der Waals surface area contributed by atoms with Gasteiger partial charge >= 0.3 is 0 Å². The predicted octanol–water partition coefficient (Wildman–Crippen LogP) is 3.30. The van der Waals surface area contributed by atoms with Crippen molar-refractivity contribution in [3.63, 3.8) is 0 Å². The molecule has 0 saturated heterocycles. The fourth-order valence-corrected chi connectivity index (χ4v) is 1.88. The topological polar surface area (TPSA) is 46.9 Å². The summed E-state index contributed by atoms with van der Waals surface area (Å²) >= 11 is 5.84. The summed E-state index contributed by atoms with van der Waals surface area (Å²) in [4.78, 5) is 11.9. The number of hydrogen-bond acceptors (Lipinski definition) is 2. The molecule has 0 fully saturated rings. The predicted molar refractivity (Wildman–Crippen MR) is 80.4 cm³/mol. The molecular weight excluding hydrogens is 274 g/mol. The van der Waals surface area contributed by atoms with Crippen LogP contribution >= 0.6 is 11.6 Å². The van der Waals surface area contributed by atoms with E-state index in [2.05, 4.69) is 24.3 Å². The van der Waals surface area contributed by atoms with Crippen molar-refractivity contribution in [2.45, 2.75) is 20.3 Å². The molecule has 1 heterocycles. The number of amides is 1. The van der Waals surface area contributed by atoms with Crippen LogP contribution in [0.25, 0.3) is 5.69 Å². The van der Waals surface area contributed by atoms with E-state index in [1.807, 2.05) is 12.1 Å². The first-order chi connectivity index (χ1) is 9.56. The van der Waals surface area contributed by atoms with Crippen LogP contribution in [0.4, 0.5) is 0 Å². The number of hydrogen-bond donors (Lipinski definition) is 1. The Hall–Kier alpha value is -1.81. The number of nitrogens with one attached hydrogen (secondary N) is 1. The summed E-state index contributed by atoms with van der Waals surface area (Å²) in [5, 5.41) is 7.76. The molecule has 0 saturated carbocycles. The van der Waals surface area contributed by atoms with Crippen molar-refractivity contribution in [3.05, 3.63) is 47.2 Å². The largest absolute Gasteiger partial charge is 0.352 e. The van der Waals surface area contributed by atoms with Crippen LogP contribution in [-0.2, 0) is 0 Å². The lowest BCUT2D eigenvalue weighted by molar-refractivity contribution is 0.0952. The normalized spacial score (nSPS) is 10.8. The van der Waals surface area contributed by atoms with E-state index in [4.69, 9.17) is 11.6 Å². The molecule has 0 unspecified atom stereocenters. The third-order valence-electron chi connectivity index (χ3n) is 2.94. The van der Waals surface area contributed by atoms with E-state index in [0.717, 1.165) is 12.1 Å². The van der Waals surface area contributed by atoms with Gasteiger partial charge in [0.2, 0.25) is 0 Å². The Labute approximate surface area is 123 Å². The Kier molecular flexibility index (Phi) is 4.79. The number of halogens is 1. The lowest BCUT2D eigenvalue weighted by atomic mass is 10.1. The maximum absolute atomic E-state index is 11.9. The lowest BCUT2D eigenvalue weighted by Gasteiger charge is -2.05. The van der Waals surface area contributed by atoms with Gasteiger partial charge in [0.15, 0.2) is 0 Å². The maximum atomic E-state index is 11.9. The van der Waals surface area contributed by atoms with Crippen molar-refractivity contribution in [2.75, 3.05) is 6.54 Å². The number of carbonyl (C=O) groups excluding carboxylic acids is 1. The van der Waals surface area contributed by atoms with E-state index < -0.39 is 0 Å². The Morgan fingerprint density at radius 1 is 1.35 bits per heavy atom. The van der Waals surface area contributed by atoms with E-state index in [1.165, 1.54) is 0 Å². The molecule has 0 spiro atoms. The van der Waals surface area contributed by atoms with Crippen molar-refractivity contribution >= 4 is 17.5 Å². The van der Waals surface area contributed by atoms with Gasteiger partial charge in [0.1, 0.15) is 0 Å². The minimum atomic E-state index is -0.0918. The minimum absolute atomic E-state index is 0.0918. The van der Waals surface area contributed by atoms with Gasteiger partial charge < -0.3 is 5.32 Å². The van der Waals surface area contributed by atoms with E-state index in [9.17, 15) is 4.79 Å². The van der Waals surface area contributed by atoms with E-state index in [1.54, 1.807) is 29.2 Å². The van der Waals surface area contributed by atoms with Crippen molar-refractivity contribution in [2.24, 2.45) is 5.92 Å². The molecule has 0 aliphatic carbocycles. The molecular formula is C15H18ClN3O. The third kappa shape index (κ3) is 3.84. The summed E-state index contributed by atoms with van der Waals surface area (Å²) in [6.07, 6.45) is 4.25. The zero-order valence-electron chi connectivity index (χ0n) is 11.6. The molecule has 0 atom stereocenters. The van der Waals surface area contributed by atoms with Crippen LogP contribution in [0, 0.1) is 5.92 Å². The molecule has 4 nitrogen and oxygen atoms in total. The fourth-order valence-electron chi connectivity index (χ4n) is 1.75. The Morgan fingerprint density at radius 2 is 2.05 bits per heavy atom. The van der Waals surface area contributed by atoms with Crippen LogP contribution in [0.1, 0.15) is 30.6 Å². The molecule has 1 amide bonds. The molecule has 1 aromatic carbocycles. The molecule has 0 aliphatic heterocycles. The molecule has 106 valence electrons. The fraction of sp³-hybridized carbons (Fsp3) is 0.333. The molecule has 0 radical (unpaired) electrons. The van der Waals surface area contributed by atoms with Gasteiger partial charge in [0.05, 0.1) is 17.4 Å². The summed E-state index contributed by atoms with van der Waals surface area (Å²) < 4.78 is 1.66. The number of nitrogens with zero attached hydrogens (tertiary/aromatic N) is 2. The maximum Gasteiger partial charge on any atom is 0.254 e. The monoisotopic (exact) mass is 291 g/mol. The zero-order chi connectivity index (χ0) is 14.5. The SMILES string of the molecule is CC(C)CCNC(=O)c1cnn(-c2ccc(Cl)cc2)c1. The summed E-state index contributed by atoms with van der Waals surface area (Å²) in [7, 11) is 0. The van der Waals surface area contributed by atoms with Crippen LogP contribution in [0.2, 0.25) is 5.02 Å². The highest BCUT2D eigenvalue weighted by atomic mass is 35.5. The van der Waals surface area contributed by atoms with E-state index >= 15 is 0 Å². The summed E-state index contributed by atoms with van der Waals surface area (Å²) in [6.45, 7) is 4.94. The lowest BCUT2D eigenvalue weighted by Crippen LogP contribution is -2.24.